The number of aryl methyl sites for hydroxylation is 1. The summed E-state index contributed by atoms with van der Waals surface area (Å²) in [5.41, 5.74) is 3.46. The second-order valence-corrected chi connectivity index (χ2v) is 7.25. The summed E-state index contributed by atoms with van der Waals surface area (Å²) in [4.78, 5) is 14.6. The van der Waals surface area contributed by atoms with Crippen molar-refractivity contribution in [2.45, 2.75) is 6.92 Å². The number of carbonyl (C=O) groups is 1. The average Bonchev–Trinajstić information content (AvgIpc) is 2.58. The van der Waals surface area contributed by atoms with Crippen LogP contribution in [0.1, 0.15) is 15.9 Å². The van der Waals surface area contributed by atoms with Gasteiger partial charge in [-0.05, 0) is 65.4 Å². The Hall–Kier alpha value is -1.31. The Kier molecular flexibility index (Phi) is 5.63. The number of rotatable bonds is 3. The smallest absolute Gasteiger partial charge is 0.255 e. The molecule has 0 aliphatic carbocycles. The van der Waals surface area contributed by atoms with Crippen LogP contribution in [-0.4, -0.2) is 32.2 Å². The summed E-state index contributed by atoms with van der Waals surface area (Å²) in [7, 11) is 0. The lowest BCUT2D eigenvalue weighted by Gasteiger charge is -2.29. The Balaban J connectivity index is 1.74. The third kappa shape index (κ3) is 4.02. The highest BCUT2D eigenvalue weighted by atomic mass is 127. The van der Waals surface area contributed by atoms with Crippen molar-refractivity contribution in [3.63, 3.8) is 0 Å². The second-order valence-electron chi connectivity index (χ2n) is 5.68. The molecule has 4 nitrogen and oxygen atoms in total. The fraction of sp³-hybridized carbons (Fsp3) is 0.278. The summed E-state index contributed by atoms with van der Waals surface area (Å²) < 4.78 is 6.43. The van der Waals surface area contributed by atoms with Crippen molar-refractivity contribution < 1.29 is 9.53 Å². The maximum absolute atomic E-state index is 12.4. The van der Waals surface area contributed by atoms with Crippen LogP contribution in [0.2, 0.25) is 5.02 Å². The largest absolute Gasteiger partial charge is 0.378 e. The van der Waals surface area contributed by atoms with E-state index in [2.05, 4.69) is 32.8 Å². The number of anilines is 2. The van der Waals surface area contributed by atoms with Gasteiger partial charge in [-0.3, -0.25) is 4.79 Å². The predicted octanol–water partition coefficient (Wildman–Crippen LogP) is 4.34. The SMILES string of the molecule is Cc1ccc(C(=O)Nc2ccc(N3CCOCC3)c(Cl)c2)cc1I. The van der Waals surface area contributed by atoms with Gasteiger partial charge in [0.15, 0.2) is 0 Å². The first-order chi connectivity index (χ1) is 11.5. The number of ether oxygens (including phenoxy) is 1. The molecule has 3 rings (SSSR count). The predicted molar refractivity (Wildman–Crippen MR) is 106 cm³/mol. The van der Waals surface area contributed by atoms with Gasteiger partial charge in [-0.15, -0.1) is 0 Å². The molecule has 0 aromatic heterocycles. The van der Waals surface area contributed by atoms with Gasteiger partial charge in [0.2, 0.25) is 0 Å². The van der Waals surface area contributed by atoms with E-state index in [4.69, 9.17) is 16.3 Å². The summed E-state index contributed by atoms with van der Waals surface area (Å²) in [5.74, 6) is -0.136. The highest BCUT2D eigenvalue weighted by molar-refractivity contribution is 14.1. The molecule has 6 heteroatoms. The zero-order valence-corrected chi connectivity index (χ0v) is 16.2. The van der Waals surface area contributed by atoms with Crippen molar-refractivity contribution in [1.82, 2.24) is 0 Å². The fourth-order valence-corrected chi connectivity index (χ4v) is 3.40. The first-order valence-corrected chi connectivity index (χ1v) is 9.20. The van der Waals surface area contributed by atoms with Gasteiger partial charge in [0.05, 0.1) is 23.9 Å². The third-order valence-electron chi connectivity index (χ3n) is 3.99. The molecule has 0 bridgehead atoms. The second kappa shape index (κ2) is 7.72. The van der Waals surface area contributed by atoms with Gasteiger partial charge in [0.25, 0.3) is 5.91 Å². The Morgan fingerprint density at radius 3 is 2.62 bits per heavy atom. The zero-order valence-electron chi connectivity index (χ0n) is 13.3. The number of nitrogens with one attached hydrogen (secondary N) is 1. The molecule has 1 N–H and O–H groups in total. The van der Waals surface area contributed by atoms with Gasteiger partial charge in [-0.1, -0.05) is 17.7 Å². The van der Waals surface area contributed by atoms with E-state index in [1.165, 1.54) is 0 Å². The monoisotopic (exact) mass is 456 g/mol. The van der Waals surface area contributed by atoms with Gasteiger partial charge >= 0.3 is 0 Å². The first kappa shape index (κ1) is 17.5. The average molecular weight is 457 g/mol. The van der Waals surface area contributed by atoms with Crippen molar-refractivity contribution in [3.05, 3.63) is 56.1 Å². The molecule has 1 fully saturated rings. The molecule has 24 heavy (non-hydrogen) atoms. The molecular weight excluding hydrogens is 439 g/mol. The van der Waals surface area contributed by atoms with Gasteiger partial charge in [-0.2, -0.15) is 0 Å². The van der Waals surface area contributed by atoms with Crippen LogP contribution in [0.5, 0.6) is 0 Å². The van der Waals surface area contributed by atoms with Crippen molar-refractivity contribution >= 4 is 51.5 Å². The number of halogens is 2. The first-order valence-electron chi connectivity index (χ1n) is 7.74. The lowest BCUT2D eigenvalue weighted by Crippen LogP contribution is -2.36. The topological polar surface area (TPSA) is 41.6 Å². The number of morpholine rings is 1. The number of carbonyl (C=O) groups excluding carboxylic acids is 1. The van der Waals surface area contributed by atoms with Crippen LogP contribution >= 0.6 is 34.2 Å². The van der Waals surface area contributed by atoms with Crippen LogP contribution in [0.4, 0.5) is 11.4 Å². The van der Waals surface area contributed by atoms with E-state index >= 15 is 0 Å². The van der Waals surface area contributed by atoms with Crippen molar-refractivity contribution in [2.75, 3.05) is 36.5 Å². The number of hydrogen-bond donors (Lipinski definition) is 1. The molecule has 2 aromatic carbocycles. The van der Waals surface area contributed by atoms with Crippen LogP contribution in [0.25, 0.3) is 0 Å². The zero-order chi connectivity index (χ0) is 17.1. The van der Waals surface area contributed by atoms with Crippen LogP contribution in [0.15, 0.2) is 36.4 Å². The van der Waals surface area contributed by atoms with Crippen molar-refractivity contribution in [2.24, 2.45) is 0 Å². The van der Waals surface area contributed by atoms with Gasteiger partial charge in [0, 0.05) is 27.9 Å². The molecule has 1 heterocycles. The molecule has 0 radical (unpaired) electrons. The summed E-state index contributed by atoms with van der Waals surface area (Å²) in [6, 6.07) is 11.3. The number of amides is 1. The molecule has 1 aliphatic rings. The van der Waals surface area contributed by atoms with E-state index in [1.54, 1.807) is 6.07 Å². The molecular formula is C18H18ClIN2O2. The molecule has 0 unspecified atom stereocenters. The van der Waals surface area contributed by atoms with Gasteiger partial charge in [-0.25, -0.2) is 0 Å². The molecule has 1 aliphatic heterocycles. The lowest BCUT2D eigenvalue weighted by molar-refractivity contribution is 0.102. The Labute approximate surface area is 160 Å². The maximum Gasteiger partial charge on any atom is 0.255 e. The Morgan fingerprint density at radius 1 is 1.21 bits per heavy atom. The molecule has 1 saturated heterocycles. The molecule has 126 valence electrons. The third-order valence-corrected chi connectivity index (χ3v) is 5.46. The number of nitrogens with zero attached hydrogens (tertiary/aromatic N) is 1. The minimum atomic E-state index is -0.136. The van der Waals surface area contributed by atoms with Crippen LogP contribution < -0.4 is 10.2 Å². The highest BCUT2D eigenvalue weighted by Crippen LogP contribution is 2.29. The van der Waals surface area contributed by atoms with E-state index in [-0.39, 0.29) is 5.91 Å². The van der Waals surface area contributed by atoms with Crippen molar-refractivity contribution in [3.8, 4) is 0 Å². The van der Waals surface area contributed by atoms with E-state index in [0.29, 0.717) is 29.5 Å². The summed E-state index contributed by atoms with van der Waals surface area (Å²) in [6.07, 6.45) is 0. The van der Waals surface area contributed by atoms with Gasteiger partial charge in [0.1, 0.15) is 0 Å². The number of hydrogen-bond acceptors (Lipinski definition) is 3. The molecule has 2 aromatic rings. The van der Waals surface area contributed by atoms with Crippen molar-refractivity contribution in [1.29, 1.82) is 0 Å². The minimum Gasteiger partial charge on any atom is -0.378 e. The van der Waals surface area contributed by atoms with Crippen LogP contribution in [-0.2, 0) is 4.74 Å². The molecule has 0 saturated carbocycles. The van der Waals surface area contributed by atoms with Gasteiger partial charge < -0.3 is 15.0 Å². The summed E-state index contributed by atoms with van der Waals surface area (Å²) in [6.45, 7) is 5.09. The van der Waals surface area contributed by atoms with Crippen LogP contribution in [0, 0.1) is 10.5 Å². The summed E-state index contributed by atoms with van der Waals surface area (Å²) >= 11 is 8.64. The van der Waals surface area contributed by atoms with E-state index < -0.39 is 0 Å². The highest BCUT2D eigenvalue weighted by Gasteiger charge is 2.15. The minimum absolute atomic E-state index is 0.136. The molecule has 0 atom stereocenters. The number of benzene rings is 2. The maximum atomic E-state index is 12.4. The summed E-state index contributed by atoms with van der Waals surface area (Å²) in [5, 5.41) is 3.54. The quantitative estimate of drug-likeness (QED) is 0.699. The van der Waals surface area contributed by atoms with E-state index in [1.807, 2.05) is 37.3 Å². The van der Waals surface area contributed by atoms with E-state index in [0.717, 1.165) is 27.9 Å². The van der Waals surface area contributed by atoms with E-state index in [9.17, 15) is 4.79 Å². The fourth-order valence-electron chi connectivity index (χ4n) is 2.58. The Bertz CT molecular complexity index is 761. The molecule has 1 amide bonds. The lowest BCUT2D eigenvalue weighted by atomic mass is 10.1. The normalized spacial score (nSPS) is 14.5. The van der Waals surface area contributed by atoms with Crippen LogP contribution in [0.3, 0.4) is 0 Å². The standard InChI is InChI=1S/C18H18ClIN2O2/c1-12-2-3-13(10-16(12)20)18(23)21-14-4-5-17(15(19)11-14)22-6-8-24-9-7-22/h2-5,10-11H,6-9H2,1H3,(H,21,23). The molecule has 0 spiro atoms. The Morgan fingerprint density at radius 2 is 1.96 bits per heavy atom.